The van der Waals surface area contributed by atoms with E-state index in [-0.39, 0.29) is 11.8 Å². The average molecular weight is 451 g/mol. The first kappa shape index (κ1) is 22.1. The van der Waals surface area contributed by atoms with Gasteiger partial charge in [-0.2, -0.15) is 0 Å². The molecule has 4 rings (SSSR count). The summed E-state index contributed by atoms with van der Waals surface area (Å²) in [6, 6.07) is 19.4. The average Bonchev–Trinajstić information content (AvgIpc) is 2.85. The fraction of sp³-hybridized carbons (Fsp3) is 0.320. The molecule has 1 aromatic heterocycles. The Hall–Kier alpha value is -3.12. The maximum Gasteiger partial charge on any atom is 0.224 e. The van der Waals surface area contributed by atoms with Gasteiger partial charge in [-0.25, -0.2) is 0 Å². The Morgan fingerprint density at radius 2 is 1.94 bits per heavy atom. The number of nitrogens with one attached hydrogen (secondary N) is 1. The Kier molecular flexibility index (Phi) is 7.22. The van der Waals surface area contributed by atoms with E-state index in [1.165, 1.54) is 0 Å². The van der Waals surface area contributed by atoms with E-state index in [4.69, 9.17) is 16.3 Å². The van der Waals surface area contributed by atoms with Crippen LogP contribution in [0.5, 0.6) is 5.75 Å². The summed E-state index contributed by atoms with van der Waals surface area (Å²) in [5.74, 6) is 1.69. The second-order valence-electron chi connectivity index (χ2n) is 7.92. The number of methoxy groups -OCH3 is 1. The van der Waals surface area contributed by atoms with Crippen molar-refractivity contribution < 1.29 is 9.53 Å². The number of halogens is 1. The highest BCUT2D eigenvalue weighted by atomic mass is 35.5. The molecule has 1 atom stereocenters. The van der Waals surface area contributed by atoms with Crippen LogP contribution in [0.15, 0.2) is 60.7 Å². The summed E-state index contributed by atoms with van der Waals surface area (Å²) in [5.41, 5.74) is 2.86. The molecule has 0 bridgehead atoms. The molecule has 2 aromatic carbocycles. The highest BCUT2D eigenvalue weighted by molar-refractivity contribution is 6.30. The molecule has 1 aliphatic heterocycles. The lowest BCUT2D eigenvalue weighted by molar-refractivity contribution is -0.125. The quantitative estimate of drug-likeness (QED) is 0.578. The van der Waals surface area contributed by atoms with E-state index in [0.717, 1.165) is 54.2 Å². The molecular weight excluding hydrogens is 424 g/mol. The molecule has 0 radical (unpaired) electrons. The predicted molar refractivity (Wildman–Crippen MR) is 127 cm³/mol. The Morgan fingerprint density at radius 1 is 1.12 bits per heavy atom. The number of carbonyl (C=O) groups is 1. The number of aromatic nitrogens is 2. The van der Waals surface area contributed by atoms with Gasteiger partial charge < -0.3 is 15.0 Å². The number of nitrogens with zero attached hydrogens (tertiary/aromatic N) is 3. The molecule has 1 amide bonds. The van der Waals surface area contributed by atoms with Crippen LogP contribution in [0.1, 0.15) is 18.4 Å². The molecule has 0 spiro atoms. The van der Waals surface area contributed by atoms with Gasteiger partial charge in [-0.1, -0.05) is 41.9 Å². The van der Waals surface area contributed by atoms with Crippen LogP contribution in [-0.4, -0.2) is 42.8 Å². The second-order valence-corrected chi connectivity index (χ2v) is 8.36. The summed E-state index contributed by atoms with van der Waals surface area (Å²) < 4.78 is 5.39. The maximum atomic E-state index is 12.8. The molecule has 1 aliphatic rings. The normalized spacial score (nSPS) is 15.9. The number of hydrogen-bond donors (Lipinski definition) is 1. The first-order valence-corrected chi connectivity index (χ1v) is 11.3. The molecule has 166 valence electrons. The van der Waals surface area contributed by atoms with Crippen LogP contribution in [0.25, 0.3) is 11.3 Å². The molecule has 3 aromatic rings. The summed E-state index contributed by atoms with van der Waals surface area (Å²) in [4.78, 5) is 14.9. The molecule has 2 heterocycles. The van der Waals surface area contributed by atoms with Crippen molar-refractivity contribution in [2.45, 2.75) is 19.3 Å². The lowest BCUT2D eigenvalue weighted by Crippen LogP contribution is -2.43. The number of para-hydroxylation sites is 1. The third kappa shape index (κ3) is 5.37. The first-order chi connectivity index (χ1) is 15.6. The predicted octanol–water partition coefficient (Wildman–Crippen LogP) is 4.38. The van der Waals surface area contributed by atoms with Crippen molar-refractivity contribution in [1.29, 1.82) is 0 Å². The summed E-state index contributed by atoms with van der Waals surface area (Å²) in [5, 5.41) is 12.6. The topological polar surface area (TPSA) is 67.3 Å². The summed E-state index contributed by atoms with van der Waals surface area (Å²) >= 11 is 5.96. The molecule has 7 heteroatoms. The Labute approximate surface area is 193 Å². The Bertz CT molecular complexity index is 1040. The molecule has 32 heavy (non-hydrogen) atoms. The van der Waals surface area contributed by atoms with Crippen LogP contribution >= 0.6 is 11.6 Å². The van der Waals surface area contributed by atoms with Crippen molar-refractivity contribution in [2.24, 2.45) is 5.92 Å². The number of piperidine rings is 1. The molecule has 1 saturated heterocycles. The summed E-state index contributed by atoms with van der Waals surface area (Å²) in [7, 11) is 1.67. The van der Waals surface area contributed by atoms with Gasteiger partial charge in [-0.15, -0.1) is 10.2 Å². The molecule has 0 aliphatic carbocycles. The number of carbonyl (C=O) groups excluding carboxylic acids is 1. The van der Waals surface area contributed by atoms with Gasteiger partial charge in [-0.05, 0) is 55.2 Å². The first-order valence-electron chi connectivity index (χ1n) is 10.9. The van der Waals surface area contributed by atoms with Crippen molar-refractivity contribution in [3.05, 3.63) is 71.2 Å². The standard InChI is InChI=1S/C25H27ClN4O2/c1-32-23-7-3-2-5-19(23)14-15-27-25(31)20-6-4-16-30(17-20)24-13-12-22(28-29-24)18-8-10-21(26)11-9-18/h2-3,5,7-13,20H,4,6,14-17H2,1H3,(H,27,31). The third-order valence-electron chi connectivity index (χ3n) is 5.79. The number of rotatable bonds is 7. The Morgan fingerprint density at radius 3 is 2.69 bits per heavy atom. The fourth-order valence-electron chi connectivity index (χ4n) is 4.04. The van der Waals surface area contributed by atoms with E-state index in [2.05, 4.69) is 20.4 Å². The zero-order valence-corrected chi connectivity index (χ0v) is 18.9. The van der Waals surface area contributed by atoms with E-state index in [1.54, 1.807) is 7.11 Å². The van der Waals surface area contributed by atoms with Crippen LogP contribution in [0.4, 0.5) is 5.82 Å². The van der Waals surface area contributed by atoms with E-state index in [0.29, 0.717) is 18.1 Å². The van der Waals surface area contributed by atoms with E-state index >= 15 is 0 Å². The van der Waals surface area contributed by atoms with Crippen LogP contribution in [0.2, 0.25) is 5.02 Å². The van der Waals surface area contributed by atoms with Gasteiger partial charge in [0.25, 0.3) is 0 Å². The zero-order valence-electron chi connectivity index (χ0n) is 18.1. The van der Waals surface area contributed by atoms with E-state index in [1.807, 2.05) is 60.7 Å². The minimum atomic E-state index is -0.0563. The molecule has 1 unspecified atom stereocenters. The van der Waals surface area contributed by atoms with Gasteiger partial charge in [0.15, 0.2) is 5.82 Å². The molecule has 1 N–H and O–H groups in total. The number of benzene rings is 2. The number of anilines is 1. The third-order valence-corrected chi connectivity index (χ3v) is 6.04. The van der Waals surface area contributed by atoms with Gasteiger partial charge in [0.2, 0.25) is 5.91 Å². The van der Waals surface area contributed by atoms with Gasteiger partial charge in [0, 0.05) is 30.2 Å². The number of hydrogen-bond acceptors (Lipinski definition) is 5. The lowest BCUT2D eigenvalue weighted by atomic mass is 9.97. The smallest absolute Gasteiger partial charge is 0.224 e. The minimum Gasteiger partial charge on any atom is -0.496 e. The van der Waals surface area contributed by atoms with Crippen molar-refractivity contribution in [1.82, 2.24) is 15.5 Å². The lowest BCUT2D eigenvalue weighted by Gasteiger charge is -2.32. The van der Waals surface area contributed by atoms with Crippen LogP contribution in [0.3, 0.4) is 0 Å². The minimum absolute atomic E-state index is 0.0563. The van der Waals surface area contributed by atoms with Crippen LogP contribution < -0.4 is 15.0 Å². The van der Waals surface area contributed by atoms with Gasteiger partial charge in [-0.3, -0.25) is 4.79 Å². The molecule has 6 nitrogen and oxygen atoms in total. The molecule has 1 fully saturated rings. The fourth-order valence-corrected chi connectivity index (χ4v) is 4.17. The summed E-state index contributed by atoms with van der Waals surface area (Å²) in [6.07, 6.45) is 2.57. The van der Waals surface area contributed by atoms with Crippen molar-refractivity contribution >= 4 is 23.3 Å². The highest BCUT2D eigenvalue weighted by Gasteiger charge is 2.26. The van der Waals surface area contributed by atoms with Crippen molar-refractivity contribution in [3.8, 4) is 17.0 Å². The number of amides is 1. The monoisotopic (exact) mass is 450 g/mol. The van der Waals surface area contributed by atoms with Crippen molar-refractivity contribution in [2.75, 3.05) is 31.6 Å². The number of ether oxygens (including phenoxy) is 1. The highest BCUT2D eigenvalue weighted by Crippen LogP contribution is 2.24. The largest absolute Gasteiger partial charge is 0.496 e. The van der Waals surface area contributed by atoms with Crippen LogP contribution in [0, 0.1) is 5.92 Å². The van der Waals surface area contributed by atoms with Gasteiger partial charge in [0.05, 0.1) is 18.7 Å². The summed E-state index contributed by atoms with van der Waals surface area (Å²) in [6.45, 7) is 2.11. The second kappa shape index (κ2) is 10.5. The van der Waals surface area contributed by atoms with Gasteiger partial charge in [0.1, 0.15) is 5.75 Å². The Balaban J connectivity index is 1.32. The van der Waals surface area contributed by atoms with Crippen molar-refractivity contribution in [3.63, 3.8) is 0 Å². The zero-order chi connectivity index (χ0) is 22.3. The van der Waals surface area contributed by atoms with Gasteiger partial charge >= 0.3 is 0 Å². The van der Waals surface area contributed by atoms with Crippen LogP contribution in [-0.2, 0) is 11.2 Å². The van der Waals surface area contributed by atoms with E-state index < -0.39 is 0 Å². The maximum absolute atomic E-state index is 12.8. The van der Waals surface area contributed by atoms with E-state index in [9.17, 15) is 4.79 Å². The molecule has 0 saturated carbocycles. The SMILES string of the molecule is COc1ccccc1CCNC(=O)C1CCCN(c2ccc(-c3ccc(Cl)cc3)nn2)C1. The molecular formula is C25H27ClN4O2.